The van der Waals surface area contributed by atoms with Gasteiger partial charge >= 0.3 is 0 Å². The normalized spacial score (nSPS) is 19.8. The van der Waals surface area contributed by atoms with Gasteiger partial charge in [0.2, 0.25) is 0 Å². The van der Waals surface area contributed by atoms with Gasteiger partial charge in [0.05, 0.1) is 0 Å². The van der Waals surface area contributed by atoms with Crippen LogP contribution >= 0.6 is 0 Å². The van der Waals surface area contributed by atoms with E-state index in [1.54, 1.807) is 5.56 Å². The number of hydrogen-bond donors (Lipinski definition) is 0. The molecule has 3 nitrogen and oxygen atoms in total. The third-order valence-corrected chi connectivity index (χ3v) is 6.48. The van der Waals surface area contributed by atoms with E-state index >= 15 is 0 Å². The van der Waals surface area contributed by atoms with E-state index in [1.165, 1.54) is 69.8 Å². The van der Waals surface area contributed by atoms with Gasteiger partial charge < -0.3 is 9.80 Å². The van der Waals surface area contributed by atoms with Gasteiger partial charge in [-0.3, -0.25) is 4.90 Å². The Kier molecular flexibility index (Phi) is 6.53. The Morgan fingerprint density at radius 1 is 0.821 bits per heavy atom. The van der Waals surface area contributed by atoms with Crippen LogP contribution in [-0.2, 0) is 0 Å². The largest absolute Gasteiger partial charge is 0.371 e. The van der Waals surface area contributed by atoms with E-state index in [0.717, 1.165) is 13.1 Å². The van der Waals surface area contributed by atoms with Crippen LogP contribution in [-0.4, -0.2) is 50.7 Å². The molecule has 0 radical (unpaired) electrons. The molecule has 2 aromatic rings. The summed E-state index contributed by atoms with van der Waals surface area (Å²) in [6.45, 7) is 10.6. The molecule has 0 N–H and O–H groups in total. The average molecular weight is 378 g/mol. The highest BCUT2D eigenvalue weighted by Gasteiger charge is 2.28. The van der Waals surface area contributed by atoms with Crippen molar-refractivity contribution in [1.82, 2.24) is 4.90 Å². The molecule has 1 fully saturated rings. The molecule has 2 heterocycles. The second kappa shape index (κ2) is 9.47. The highest BCUT2D eigenvalue weighted by molar-refractivity contribution is 5.60. The van der Waals surface area contributed by atoms with Gasteiger partial charge in [-0.25, -0.2) is 0 Å². The maximum Gasteiger partial charge on any atom is 0.0402 e. The van der Waals surface area contributed by atoms with Crippen LogP contribution in [0.15, 0.2) is 54.6 Å². The molecule has 1 atom stereocenters. The van der Waals surface area contributed by atoms with Crippen molar-refractivity contribution < 1.29 is 0 Å². The minimum Gasteiger partial charge on any atom is -0.371 e. The summed E-state index contributed by atoms with van der Waals surface area (Å²) >= 11 is 0. The SMILES string of the molecule is CCCCCN1CC(CCN2CCN(c3ccccc3)CC2)c2ccccc21. The highest BCUT2D eigenvalue weighted by atomic mass is 15.3. The number of anilines is 2. The lowest BCUT2D eigenvalue weighted by Gasteiger charge is -2.36. The van der Waals surface area contributed by atoms with Crippen LogP contribution in [0.2, 0.25) is 0 Å². The van der Waals surface area contributed by atoms with Crippen molar-refractivity contribution in [3.8, 4) is 0 Å². The Bertz CT molecular complexity index is 722. The summed E-state index contributed by atoms with van der Waals surface area (Å²) in [5, 5.41) is 0. The molecule has 150 valence electrons. The lowest BCUT2D eigenvalue weighted by molar-refractivity contribution is 0.249. The van der Waals surface area contributed by atoms with Crippen LogP contribution in [0, 0.1) is 0 Å². The summed E-state index contributed by atoms with van der Waals surface area (Å²) in [6, 6.07) is 20.0. The van der Waals surface area contributed by atoms with Gasteiger partial charge in [-0.15, -0.1) is 0 Å². The molecule has 1 saturated heterocycles. The van der Waals surface area contributed by atoms with Gasteiger partial charge in [-0.05, 0) is 43.1 Å². The van der Waals surface area contributed by atoms with E-state index < -0.39 is 0 Å². The molecule has 0 spiro atoms. The number of fused-ring (bicyclic) bond motifs is 1. The molecule has 0 saturated carbocycles. The number of unbranched alkanes of at least 4 members (excludes halogenated alkanes) is 2. The Morgan fingerprint density at radius 2 is 1.57 bits per heavy atom. The third kappa shape index (κ3) is 4.52. The highest BCUT2D eigenvalue weighted by Crippen LogP contribution is 2.38. The van der Waals surface area contributed by atoms with Gasteiger partial charge in [0.15, 0.2) is 0 Å². The van der Waals surface area contributed by atoms with Crippen LogP contribution in [0.1, 0.15) is 44.1 Å². The Hall–Kier alpha value is -2.00. The molecule has 2 aliphatic rings. The molecule has 0 aliphatic carbocycles. The van der Waals surface area contributed by atoms with Crippen LogP contribution < -0.4 is 9.80 Å². The zero-order valence-corrected chi connectivity index (χ0v) is 17.4. The second-order valence-corrected chi connectivity index (χ2v) is 8.36. The summed E-state index contributed by atoms with van der Waals surface area (Å²) in [4.78, 5) is 7.83. The van der Waals surface area contributed by atoms with Crippen LogP contribution in [0.3, 0.4) is 0 Å². The topological polar surface area (TPSA) is 9.72 Å². The molecule has 2 aromatic carbocycles. The van der Waals surface area contributed by atoms with Gasteiger partial charge in [0, 0.05) is 56.6 Å². The molecular weight excluding hydrogens is 342 g/mol. The summed E-state index contributed by atoms with van der Waals surface area (Å²) < 4.78 is 0. The maximum atomic E-state index is 2.67. The Labute approximate surface area is 171 Å². The minimum atomic E-state index is 0.699. The Morgan fingerprint density at radius 3 is 2.36 bits per heavy atom. The number of para-hydroxylation sites is 2. The summed E-state index contributed by atoms with van der Waals surface area (Å²) in [5.41, 5.74) is 4.45. The van der Waals surface area contributed by atoms with Crippen molar-refractivity contribution in [1.29, 1.82) is 0 Å². The van der Waals surface area contributed by atoms with Gasteiger partial charge in [0.25, 0.3) is 0 Å². The molecule has 0 aromatic heterocycles. The molecule has 0 amide bonds. The van der Waals surface area contributed by atoms with E-state index in [0.29, 0.717) is 5.92 Å². The van der Waals surface area contributed by atoms with Gasteiger partial charge in [-0.2, -0.15) is 0 Å². The monoisotopic (exact) mass is 377 g/mol. The van der Waals surface area contributed by atoms with Gasteiger partial charge in [-0.1, -0.05) is 56.2 Å². The standard InChI is InChI=1S/C25H35N3/c1-2-3-9-15-28-21-22(24-12-7-8-13-25(24)28)14-16-26-17-19-27(20-18-26)23-10-5-4-6-11-23/h4-8,10-13,22H,2-3,9,14-21H2,1H3. The summed E-state index contributed by atoms with van der Waals surface area (Å²) in [5.74, 6) is 0.699. The van der Waals surface area contributed by atoms with Crippen molar-refractivity contribution in [2.45, 2.75) is 38.5 Å². The quantitative estimate of drug-likeness (QED) is 0.600. The number of nitrogens with zero attached hydrogens (tertiary/aromatic N) is 3. The predicted octanol–water partition coefficient (Wildman–Crippen LogP) is 4.99. The molecule has 4 rings (SSSR count). The van der Waals surface area contributed by atoms with Crippen molar-refractivity contribution >= 4 is 11.4 Å². The molecule has 2 aliphatic heterocycles. The van der Waals surface area contributed by atoms with Crippen molar-refractivity contribution in [2.24, 2.45) is 0 Å². The van der Waals surface area contributed by atoms with Crippen molar-refractivity contribution in [3.05, 3.63) is 60.2 Å². The van der Waals surface area contributed by atoms with E-state index in [1.807, 2.05) is 0 Å². The molecule has 1 unspecified atom stereocenters. The van der Waals surface area contributed by atoms with Gasteiger partial charge in [0.1, 0.15) is 0 Å². The Balaban J connectivity index is 1.28. The van der Waals surface area contributed by atoms with Crippen LogP contribution in [0.5, 0.6) is 0 Å². The number of rotatable bonds is 8. The maximum absolute atomic E-state index is 2.67. The van der Waals surface area contributed by atoms with E-state index in [-0.39, 0.29) is 0 Å². The number of benzene rings is 2. The summed E-state index contributed by atoms with van der Waals surface area (Å²) in [7, 11) is 0. The number of hydrogen-bond acceptors (Lipinski definition) is 3. The minimum absolute atomic E-state index is 0.699. The van der Waals surface area contributed by atoms with E-state index in [9.17, 15) is 0 Å². The van der Waals surface area contributed by atoms with Crippen molar-refractivity contribution in [3.63, 3.8) is 0 Å². The average Bonchev–Trinajstić information content (AvgIpc) is 3.11. The smallest absolute Gasteiger partial charge is 0.0402 e. The first-order valence-electron chi connectivity index (χ1n) is 11.2. The first kappa shape index (κ1) is 19.3. The van der Waals surface area contributed by atoms with E-state index in [2.05, 4.69) is 76.2 Å². The van der Waals surface area contributed by atoms with Crippen molar-refractivity contribution in [2.75, 3.05) is 55.6 Å². The lowest BCUT2D eigenvalue weighted by Crippen LogP contribution is -2.46. The van der Waals surface area contributed by atoms with Crippen LogP contribution in [0.25, 0.3) is 0 Å². The lowest BCUT2D eigenvalue weighted by atomic mass is 9.97. The van der Waals surface area contributed by atoms with Crippen LogP contribution in [0.4, 0.5) is 11.4 Å². The fraction of sp³-hybridized carbons (Fsp3) is 0.520. The fourth-order valence-corrected chi connectivity index (χ4v) is 4.80. The predicted molar refractivity (Wildman–Crippen MR) is 121 cm³/mol. The zero-order chi connectivity index (χ0) is 19.2. The molecule has 28 heavy (non-hydrogen) atoms. The second-order valence-electron chi connectivity index (χ2n) is 8.36. The fourth-order valence-electron chi connectivity index (χ4n) is 4.80. The first-order valence-corrected chi connectivity index (χ1v) is 11.2. The zero-order valence-electron chi connectivity index (χ0n) is 17.4. The molecule has 0 bridgehead atoms. The third-order valence-electron chi connectivity index (χ3n) is 6.48. The molecular formula is C25H35N3. The summed E-state index contributed by atoms with van der Waals surface area (Å²) in [6.07, 6.45) is 5.24. The number of piperazine rings is 1. The first-order chi connectivity index (χ1) is 13.8. The van der Waals surface area contributed by atoms with E-state index in [4.69, 9.17) is 0 Å². The molecule has 3 heteroatoms.